The number of ketones is 1. The molecule has 2 nitrogen and oxygen atoms in total. The second-order valence-electron chi connectivity index (χ2n) is 4.95. The number of para-hydroxylation sites is 1. The molecule has 4 heteroatoms. The largest absolute Gasteiger partial charge is 0.490 e. The lowest BCUT2D eigenvalue weighted by Gasteiger charge is -2.20. The minimum atomic E-state index is 0.235. The first kappa shape index (κ1) is 14.7. The highest BCUT2D eigenvalue weighted by Crippen LogP contribution is 2.32. The van der Waals surface area contributed by atoms with E-state index in [1.54, 1.807) is 18.2 Å². The Bertz CT molecular complexity index is 420. The predicted octanol–water partition coefficient (Wildman–Crippen LogP) is 4.91. The Morgan fingerprint density at radius 1 is 1.16 bits per heavy atom. The molecule has 0 unspecified atom stereocenters. The second-order valence-corrected chi connectivity index (χ2v) is 5.76. The Kier molecular flexibility index (Phi) is 5.53. The molecule has 2 rings (SSSR count). The summed E-state index contributed by atoms with van der Waals surface area (Å²) in [4.78, 5) is 12.0. The molecule has 1 fully saturated rings. The minimum absolute atomic E-state index is 0.235. The van der Waals surface area contributed by atoms with E-state index in [1.165, 1.54) is 19.3 Å². The number of Topliss-reactive ketones (excluding diaryl/α,β-unsaturated/α-hetero) is 1. The Balaban J connectivity index is 1.81. The third-order valence-electron chi connectivity index (χ3n) is 3.57. The topological polar surface area (TPSA) is 26.3 Å². The highest BCUT2D eigenvalue weighted by molar-refractivity contribution is 6.37. The van der Waals surface area contributed by atoms with Crippen molar-refractivity contribution >= 4 is 29.0 Å². The summed E-state index contributed by atoms with van der Waals surface area (Å²) in [7, 11) is 0. The van der Waals surface area contributed by atoms with Crippen molar-refractivity contribution < 1.29 is 9.53 Å². The first-order valence-corrected chi connectivity index (χ1v) is 7.53. The summed E-state index contributed by atoms with van der Waals surface area (Å²) in [5.74, 6) is 1.02. The van der Waals surface area contributed by atoms with E-state index in [1.807, 2.05) is 0 Å². The van der Waals surface area contributed by atoms with Crippen LogP contribution in [-0.4, -0.2) is 12.4 Å². The Morgan fingerprint density at radius 2 is 1.79 bits per heavy atom. The lowest BCUT2D eigenvalue weighted by atomic mass is 9.85. The van der Waals surface area contributed by atoms with Gasteiger partial charge < -0.3 is 4.74 Å². The van der Waals surface area contributed by atoms with Crippen LogP contribution in [0.5, 0.6) is 5.75 Å². The zero-order valence-corrected chi connectivity index (χ0v) is 12.3. The quantitative estimate of drug-likeness (QED) is 0.772. The lowest BCUT2D eigenvalue weighted by molar-refractivity contribution is -0.124. The molecule has 0 aliphatic heterocycles. The summed E-state index contributed by atoms with van der Waals surface area (Å²) in [6, 6.07) is 5.22. The first-order chi connectivity index (χ1) is 9.18. The zero-order valence-electron chi connectivity index (χ0n) is 10.8. The highest BCUT2D eigenvalue weighted by atomic mass is 35.5. The molecule has 1 aromatic carbocycles. The van der Waals surface area contributed by atoms with Crippen LogP contribution < -0.4 is 4.74 Å². The summed E-state index contributed by atoms with van der Waals surface area (Å²) < 4.78 is 5.54. The fourth-order valence-corrected chi connectivity index (χ4v) is 3.01. The Hall–Kier alpha value is -0.730. The van der Waals surface area contributed by atoms with Gasteiger partial charge in [-0.15, -0.1) is 0 Å². The van der Waals surface area contributed by atoms with Crippen LogP contribution in [0.1, 0.15) is 38.5 Å². The number of ether oxygens (including phenoxy) is 1. The zero-order chi connectivity index (χ0) is 13.7. The average molecular weight is 301 g/mol. The molecule has 0 spiro atoms. The number of carbonyl (C=O) groups is 1. The number of hydrogen-bond acceptors (Lipinski definition) is 2. The van der Waals surface area contributed by atoms with E-state index >= 15 is 0 Å². The van der Waals surface area contributed by atoms with Gasteiger partial charge in [-0.1, -0.05) is 48.5 Å². The van der Waals surface area contributed by atoms with Crippen LogP contribution in [0.25, 0.3) is 0 Å². The van der Waals surface area contributed by atoms with E-state index < -0.39 is 0 Å². The van der Waals surface area contributed by atoms with Crippen molar-refractivity contribution in [3.63, 3.8) is 0 Å². The fraction of sp³-hybridized carbons (Fsp3) is 0.533. The van der Waals surface area contributed by atoms with E-state index in [-0.39, 0.29) is 5.92 Å². The molecule has 1 saturated carbocycles. The molecule has 0 heterocycles. The molecule has 1 aliphatic carbocycles. The van der Waals surface area contributed by atoms with Gasteiger partial charge in [0.05, 0.1) is 16.7 Å². The van der Waals surface area contributed by atoms with Crippen molar-refractivity contribution in [1.82, 2.24) is 0 Å². The average Bonchev–Trinajstić information content (AvgIpc) is 2.43. The number of benzene rings is 1. The van der Waals surface area contributed by atoms with Crippen LogP contribution >= 0.6 is 23.2 Å². The van der Waals surface area contributed by atoms with Gasteiger partial charge in [-0.2, -0.15) is 0 Å². The summed E-state index contributed by atoms with van der Waals surface area (Å²) in [5.41, 5.74) is 0. The number of rotatable bonds is 5. The van der Waals surface area contributed by atoms with Crippen LogP contribution in [0.15, 0.2) is 18.2 Å². The molecule has 0 radical (unpaired) electrons. The van der Waals surface area contributed by atoms with Gasteiger partial charge in [0, 0.05) is 12.3 Å². The summed E-state index contributed by atoms with van der Waals surface area (Å²) in [6.45, 7) is 0.346. The summed E-state index contributed by atoms with van der Waals surface area (Å²) >= 11 is 12.0. The van der Waals surface area contributed by atoms with Crippen molar-refractivity contribution in [2.24, 2.45) is 5.92 Å². The number of halogens is 2. The van der Waals surface area contributed by atoms with E-state index in [4.69, 9.17) is 27.9 Å². The monoisotopic (exact) mass is 300 g/mol. The maximum atomic E-state index is 12.0. The predicted molar refractivity (Wildman–Crippen MR) is 78.2 cm³/mol. The molecule has 0 bridgehead atoms. The molecule has 0 atom stereocenters. The third-order valence-corrected chi connectivity index (χ3v) is 4.17. The van der Waals surface area contributed by atoms with Gasteiger partial charge in [0.25, 0.3) is 0 Å². The van der Waals surface area contributed by atoms with Crippen molar-refractivity contribution in [3.05, 3.63) is 28.2 Å². The van der Waals surface area contributed by atoms with Gasteiger partial charge in [-0.3, -0.25) is 4.79 Å². The van der Waals surface area contributed by atoms with Gasteiger partial charge in [-0.25, -0.2) is 0 Å². The van der Waals surface area contributed by atoms with Gasteiger partial charge in [0.1, 0.15) is 5.78 Å². The third kappa shape index (κ3) is 4.12. The van der Waals surface area contributed by atoms with Crippen LogP contribution in [0.3, 0.4) is 0 Å². The Labute approximate surface area is 124 Å². The van der Waals surface area contributed by atoms with Crippen LogP contribution in [0.4, 0.5) is 0 Å². The molecule has 0 amide bonds. The standard InChI is InChI=1S/C15H18Cl2O2/c16-12-7-4-8-13(17)15(12)19-10-9-14(18)11-5-2-1-3-6-11/h4,7-8,11H,1-3,5-6,9-10H2. The summed E-state index contributed by atoms with van der Waals surface area (Å²) in [6.07, 6.45) is 6.11. The van der Waals surface area contributed by atoms with E-state index in [0.29, 0.717) is 34.6 Å². The molecule has 0 N–H and O–H groups in total. The normalized spacial score (nSPS) is 16.3. The molecular weight excluding hydrogens is 283 g/mol. The molecule has 0 saturated heterocycles. The van der Waals surface area contributed by atoms with Crippen molar-refractivity contribution in [2.45, 2.75) is 38.5 Å². The number of hydrogen-bond donors (Lipinski definition) is 0. The first-order valence-electron chi connectivity index (χ1n) is 6.78. The van der Waals surface area contributed by atoms with Gasteiger partial charge in [0.15, 0.2) is 5.75 Å². The second kappa shape index (κ2) is 7.16. The van der Waals surface area contributed by atoms with Crippen LogP contribution in [-0.2, 0) is 4.79 Å². The highest BCUT2D eigenvalue weighted by Gasteiger charge is 2.20. The Morgan fingerprint density at radius 3 is 2.42 bits per heavy atom. The van der Waals surface area contributed by atoms with Crippen molar-refractivity contribution in [2.75, 3.05) is 6.61 Å². The fourth-order valence-electron chi connectivity index (χ4n) is 2.50. The van der Waals surface area contributed by atoms with Gasteiger partial charge in [-0.05, 0) is 25.0 Å². The van der Waals surface area contributed by atoms with E-state index in [0.717, 1.165) is 12.8 Å². The molecule has 104 valence electrons. The van der Waals surface area contributed by atoms with E-state index in [9.17, 15) is 4.79 Å². The lowest BCUT2D eigenvalue weighted by Crippen LogP contribution is -2.19. The molecule has 19 heavy (non-hydrogen) atoms. The molecule has 1 aromatic rings. The van der Waals surface area contributed by atoms with Crippen molar-refractivity contribution in [1.29, 1.82) is 0 Å². The van der Waals surface area contributed by atoms with Gasteiger partial charge in [0.2, 0.25) is 0 Å². The minimum Gasteiger partial charge on any atom is -0.490 e. The van der Waals surface area contributed by atoms with Crippen LogP contribution in [0.2, 0.25) is 10.0 Å². The molecule has 0 aromatic heterocycles. The summed E-state index contributed by atoms with van der Waals surface area (Å²) in [5, 5.41) is 0.968. The molecular formula is C15H18Cl2O2. The van der Waals surface area contributed by atoms with Crippen molar-refractivity contribution in [3.8, 4) is 5.75 Å². The maximum Gasteiger partial charge on any atom is 0.156 e. The van der Waals surface area contributed by atoms with E-state index in [2.05, 4.69) is 0 Å². The van der Waals surface area contributed by atoms with Crippen LogP contribution in [0, 0.1) is 5.92 Å². The number of carbonyl (C=O) groups excluding carboxylic acids is 1. The maximum absolute atomic E-state index is 12.0. The SMILES string of the molecule is O=C(CCOc1c(Cl)cccc1Cl)C1CCCCC1. The van der Waals surface area contributed by atoms with Gasteiger partial charge >= 0.3 is 0 Å². The smallest absolute Gasteiger partial charge is 0.156 e. The molecule has 1 aliphatic rings.